The van der Waals surface area contributed by atoms with E-state index in [-0.39, 0.29) is 0 Å². The minimum absolute atomic E-state index is 0.655. The van der Waals surface area contributed by atoms with Crippen molar-refractivity contribution < 1.29 is 0 Å². The van der Waals surface area contributed by atoms with Crippen LogP contribution in [0.15, 0.2) is 82.7 Å². The largest absolute Gasteiger partial charge is 0.264 e. The molecule has 5 rings (SSSR count). The van der Waals surface area contributed by atoms with Crippen LogP contribution in [-0.2, 0) is 0 Å². The molecular weight excluding hydrogens is 398 g/mol. The summed E-state index contributed by atoms with van der Waals surface area (Å²) in [5.74, 6) is 0.655. The smallest absolute Gasteiger partial charge is 0.194 e. The van der Waals surface area contributed by atoms with E-state index < -0.39 is 0 Å². The highest BCUT2D eigenvalue weighted by molar-refractivity contribution is 7.99. The van der Waals surface area contributed by atoms with Crippen molar-refractivity contribution in [3.63, 3.8) is 0 Å². The molecule has 0 atom stereocenters. The van der Waals surface area contributed by atoms with Crippen LogP contribution in [0.3, 0.4) is 0 Å². The third kappa shape index (κ3) is 3.62. The van der Waals surface area contributed by atoms with Crippen LogP contribution in [0.1, 0.15) is 5.69 Å². The van der Waals surface area contributed by atoms with E-state index in [2.05, 4.69) is 32.5 Å². The second-order valence-electron chi connectivity index (χ2n) is 6.37. The number of fused-ring (bicyclic) bond motifs is 1. The van der Waals surface area contributed by atoms with Gasteiger partial charge in [-0.3, -0.25) is 4.98 Å². The van der Waals surface area contributed by atoms with Gasteiger partial charge in [0.05, 0.1) is 5.39 Å². The number of pyridine rings is 1. The maximum Gasteiger partial charge on any atom is 0.194 e. The Morgan fingerprint density at radius 3 is 2.52 bits per heavy atom. The summed E-state index contributed by atoms with van der Waals surface area (Å²) in [5, 5.41) is 4.69. The summed E-state index contributed by atoms with van der Waals surface area (Å²) in [6, 6.07) is 16.1. The molecule has 0 saturated carbocycles. The van der Waals surface area contributed by atoms with Crippen LogP contribution in [0.4, 0.5) is 0 Å². The lowest BCUT2D eigenvalue weighted by Gasteiger charge is -2.08. The lowest BCUT2D eigenvalue weighted by Crippen LogP contribution is -1.95. The SMILES string of the molecule is Cc1ccnc(Sc2nc(-c3cccnc3)nc3scc(-c4ccccc4)c23)n1. The highest BCUT2D eigenvalue weighted by Crippen LogP contribution is 2.40. The molecular formula is C22H15N5S2. The van der Waals surface area contributed by atoms with Crippen LogP contribution in [0.5, 0.6) is 0 Å². The van der Waals surface area contributed by atoms with Gasteiger partial charge in [-0.15, -0.1) is 11.3 Å². The zero-order valence-electron chi connectivity index (χ0n) is 15.5. The van der Waals surface area contributed by atoms with Crippen molar-refractivity contribution in [1.82, 2.24) is 24.9 Å². The Bertz CT molecular complexity index is 1290. The van der Waals surface area contributed by atoms with E-state index in [4.69, 9.17) is 9.97 Å². The van der Waals surface area contributed by atoms with Gasteiger partial charge in [-0.05, 0) is 42.4 Å². The standard InChI is InChI=1S/C22H15N5S2/c1-14-9-11-24-22(25-14)29-21-18-17(15-6-3-2-4-7-15)13-28-20(18)26-19(27-21)16-8-5-10-23-12-16/h2-13H,1H3. The zero-order valence-corrected chi connectivity index (χ0v) is 17.1. The van der Waals surface area contributed by atoms with Crippen molar-refractivity contribution >= 4 is 33.3 Å². The number of benzene rings is 1. The van der Waals surface area contributed by atoms with Gasteiger partial charge in [0.2, 0.25) is 0 Å². The monoisotopic (exact) mass is 413 g/mol. The summed E-state index contributed by atoms with van der Waals surface area (Å²) < 4.78 is 0. The Labute approximate surface area is 176 Å². The Morgan fingerprint density at radius 2 is 1.72 bits per heavy atom. The van der Waals surface area contributed by atoms with E-state index >= 15 is 0 Å². The van der Waals surface area contributed by atoms with Crippen molar-refractivity contribution in [3.8, 4) is 22.5 Å². The molecule has 0 spiro atoms. The Balaban J connectivity index is 1.72. The Morgan fingerprint density at radius 1 is 0.862 bits per heavy atom. The van der Waals surface area contributed by atoms with Crippen molar-refractivity contribution in [1.29, 1.82) is 0 Å². The molecule has 4 aromatic heterocycles. The van der Waals surface area contributed by atoms with Gasteiger partial charge in [0.15, 0.2) is 11.0 Å². The molecule has 5 nitrogen and oxygen atoms in total. The first-order chi connectivity index (χ1) is 14.3. The number of hydrogen-bond donors (Lipinski definition) is 0. The van der Waals surface area contributed by atoms with Crippen LogP contribution in [0.2, 0.25) is 0 Å². The van der Waals surface area contributed by atoms with Crippen LogP contribution < -0.4 is 0 Å². The number of thiophene rings is 1. The van der Waals surface area contributed by atoms with E-state index in [0.717, 1.165) is 37.6 Å². The van der Waals surface area contributed by atoms with E-state index in [1.54, 1.807) is 29.9 Å². The fraction of sp³-hybridized carbons (Fsp3) is 0.0455. The fourth-order valence-electron chi connectivity index (χ4n) is 3.00. The molecule has 29 heavy (non-hydrogen) atoms. The van der Waals surface area contributed by atoms with Crippen LogP contribution in [0, 0.1) is 6.92 Å². The molecule has 0 unspecified atom stereocenters. The maximum atomic E-state index is 4.89. The van der Waals surface area contributed by atoms with Crippen LogP contribution >= 0.6 is 23.1 Å². The van der Waals surface area contributed by atoms with Gasteiger partial charge < -0.3 is 0 Å². The summed E-state index contributed by atoms with van der Waals surface area (Å²) in [5.41, 5.74) is 4.08. The van der Waals surface area contributed by atoms with Gasteiger partial charge in [0.1, 0.15) is 9.86 Å². The molecule has 140 valence electrons. The molecule has 0 N–H and O–H groups in total. The molecule has 0 bridgehead atoms. The second-order valence-corrected chi connectivity index (χ2v) is 8.19. The van der Waals surface area contributed by atoms with Gasteiger partial charge in [-0.1, -0.05) is 30.3 Å². The molecule has 0 aliphatic rings. The molecule has 0 fully saturated rings. The second kappa shape index (κ2) is 7.69. The molecule has 0 saturated heterocycles. The number of rotatable bonds is 4. The minimum Gasteiger partial charge on any atom is -0.264 e. The molecule has 0 aliphatic heterocycles. The van der Waals surface area contributed by atoms with Crippen LogP contribution in [-0.4, -0.2) is 24.9 Å². The first-order valence-corrected chi connectivity index (χ1v) is 10.7. The molecule has 5 aromatic rings. The lowest BCUT2D eigenvalue weighted by molar-refractivity contribution is 0.928. The topological polar surface area (TPSA) is 64.5 Å². The summed E-state index contributed by atoms with van der Waals surface area (Å²) >= 11 is 3.09. The van der Waals surface area contributed by atoms with Gasteiger partial charge in [0, 0.05) is 40.8 Å². The van der Waals surface area contributed by atoms with E-state index in [1.807, 2.05) is 43.3 Å². The minimum atomic E-state index is 0.655. The summed E-state index contributed by atoms with van der Waals surface area (Å²) in [6.45, 7) is 1.96. The highest BCUT2D eigenvalue weighted by Gasteiger charge is 2.18. The zero-order chi connectivity index (χ0) is 19.6. The van der Waals surface area contributed by atoms with Crippen LogP contribution in [0.25, 0.3) is 32.7 Å². The predicted molar refractivity (Wildman–Crippen MR) is 117 cm³/mol. The van der Waals surface area contributed by atoms with Crippen molar-refractivity contribution in [2.75, 3.05) is 0 Å². The average molecular weight is 414 g/mol. The summed E-state index contributed by atoms with van der Waals surface area (Å²) in [7, 11) is 0. The first-order valence-electron chi connectivity index (χ1n) is 9.00. The number of nitrogens with zero attached hydrogens (tertiary/aromatic N) is 5. The van der Waals surface area contributed by atoms with Crippen molar-refractivity contribution in [2.45, 2.75) is 17.1 Å². The van der Waals surface area contributed by atoms with E-state index in [9.17, 15) is 0 Å². The summed E-state index contributed by atoms with van der Waals surface area (Å²) in [4.78, 5) is 23.8. The molecule has 0 aliphatic carbocycles. The third-order valence-corrected chi connectivity index (χ3v) is 6.11. The Hall–Kier alpha value is -3.16. The first kappa shape index (κ1) is 17.9. The molecule has 1 aromatic carbocycles. The van der Waals surface area contributed by atoms with Gasteiger partial charge >= 0.3 is 0 Å². The predicted octanol–water partition coefficient (Wildman–Crippen LogP) is 5.67. The maximum absolute atomic E-state index is 4.89. The van der Waals surface area contributed by atoms with Crippen molar-refractivity contribution in [3.05, 3.63) is 78.2 Å². The quantitative estimate of drug-likeness (QED) is 0.279. The number of aromatic nitrogens is 5. The van der Waals surface area contributed by atoms with Gasteiger partial charge in [-0.2, -0.15) is 0 Å². The average Bonchev–Trinajstić information content (AvgIpc) is 3.19. The molecule has 4 heterocycles. The molecule has 7 heteroatoms. The third-order valence-electron chi connectivity index (χ3n) is 4.37. The highest BCUT2D eigenvalue weighted by atomic mass is 32.2. The number of hydrogen-bond acceptors (Lipinski definition) is 7. The van der Waals surface area contributed by atoms with Crippen molar-refractivity contribution in [2.24, 2.45) is 0 Å². The molecule has 0 amide bonds. The van der Waals surface area contributed by atoms with Gasteiger partial charge in [-0.25, -0.2) is 19.9 Å². The fourth-order valence-corrected chi connectivity index (χ4v) is 4.93. The molecule has 0 radical (unpaired) electrons. The normalized spacial score (nSPS) is 11.1. The van der Waals surface area contributed by atoms with E-state index in [0.29, 0.717) is 11.0 Å². The summed E-state index contributed by atoms with van der Waals surface area (Å²) in [6.07, 6.45) is 5.30. The van der Waals surface area contributed by atoms with Gasteiger partial charge in [0.25, 0.3) is 0 Å². The van der Waals surface area contributed by atoms with E-state index in [1.165, 1.54) is 11.8 Å². The Kier molecular flexibility index (Phi) is 4.75. The number of aryl methyl sites for hydroxylation is 1. The lowest BCUT2D eigenvalue weighted by atomic mass is 10.1.